The maximum absolute atomic E-state index is 13.3. The van der Waals surface area contributed by atoms with Crippen molar-refractivity contribution in [2.75, 3.05) is 24.1 Å². The van der Waals surface area contributed by atoms with Crippen LogP contribution >= 0.6 is 34.7 Å². The van der Waals surface area contributed by atoms with Gasteiger partial charge in [-0.3, -0.25) is 14.5 Å². The highest BCUT2D eigenvalue weighted by Gasteiger charge is 2.54. The number of methoxy groups -OCH3 is 1. The second-order valence-electron chi connectivity index (χ2n) is 12.5. The van der Waals surface area contributed by atoms with Gasteiger partial charge in [-0.15, -0.1) is 34.7 Å². The van der Waals surface area contributed by atoms with Crippen molar-refractivity contribution in [3.63, 3.8) is 0 Å². The molecule has 2 amide bonds. The lowest BCUT2D eigenvalue weighted by molar-refractivity contribution is -0.153. The maximum Gasteiger partial charge on any atom is 0.355 e. The van der Waals surface area contributed by atoms with Gasteiger partial charge in [0.25, 0.3) is 11.8 Å². The van der Waals surface area contributed by atoms with Crippen LogP contribution in [0, 0.1) is 0 Å². The lowest BCUT2D eigenvalue weighted by atomic mass is 9.77. The van der Waals surface area contributed by atoms with E-state index < -0.39 is 34.7 Å². The van der Waals surface area contributed by atoms with E-state index in [1.54, 1.807) is 31.4 Å². The Kier molecular flexibility index (Phi) is 11.8. The number of amides is 2. The van der Waals surface area contributed by atoms with Gasteiger partial charge in [0.1, 0.15) is 41.2 Å². The number of carbonyl (C=O) groups is 3. The second-order valence-corrected chi connectivity index (χ2v) is 14.8. The number of hydrogen-bond donors (Lipinski definition) is 2. The molecule has 0 radical (unpaired) electrons. The van der Waals surface area contributed by atoms with Crippen molar-refractivity contribution >= 4 is 63.8 Å². The van der Waals surface area contributed by atoms with E-state index in [0.717, 1.165) is 28.5 Å². The number of rotatable bonds is 15. The van der Waals surface area contributed by atoms with Crippen LogP contribution in [0.25, 0.3) is 0 Å². The minimum absolute atomic E-state index is 0.00687. The van der Waals surface area contributed by atoms with Gasteiger partial charge >= 0.3 is 5.97 Å². The highest BCUT2D eigenvalue weighted by molar-refractivity contribution is 8.00. The Labute approximate surface area is 331 Å². The number of ether oxygens (including phenoxy) is 2. The molecular weight excluding hydrogens is 758 g/mol. The number of nitrogens with zero attached hydrogens (tertiary/aromatic N) is 3. The lowest BCUT2D eigenvalue weighted by Crippen LogP contribution is -2.70. The molecule has 1 fully saturated rings. The summed E-state index contributed by atoms with van der Waals surface area (Å²) < 4.78 is 10.7. The SMILES string of the molecule is COc1ccc(COC(=O)C2=C(CCl)CSC3C(NC(=O)/C=N\OCc4csc(NC(c5ccccc5)(c5ccccc5)c5ccccc5)n4)C(=O)N23)cc1. The van der Waals surface area contributed by atoms with Crippen LogP contribution < -0.4 is 15.4 Å². The number of halogens is 1. The summed E-state index contributed by atoms with van der Waals surface area (Å²) in [4.78, 5) is 50.8. The molecule has 5 aromatic rings. The Hall–Kier alpha value is -5.63. The molecule has 14 heteroatoms. The van der Waals surface area contributed by atoms with Gasteiger partial charge in [-0.05, 0) is 40.0 Å². The van der Waals surface area contributed by atoms with Gasteiger partial charge in [0.05, 0.1) is 12.8 Å². The Bertz CT molecular complexity index is 2090. The number of benzene rings is 4. The molecule has 280 valence electrons. The quantitative estimate of drug-likeness (QED) is 0.0297. The van der Waals surface area contributed by atoms with Crippen molar-refractivity contribution in [2.45, 2.75) is 30.2 Å². The monoisotopic (exact) mass is 793 g/mol. The molecule has 0 saturated carbocycles. The van der Waals surface area contributed by atoms with Crippen LogP contribution in [0.5, 0.6) is 5.75 Å². The summed E-state index contributed by atoms with van der Waals surface area (Å²) in [6, 6.07) is 36.9. The van der Waals surface area contributed by atoms with E-state index in [9.17, 15) is 14.4 Å². The summed E-state index contributed by atoms with van der Waals surface area (Å²) in [6.07, 6.45) is 0.976. The molecule has 2 unspecified atom stereocenters. The molecule has 0 aliphatic carbocycles. The zero-order chi connectivity index (χ0) is 38.2. The first kappa shape index (κ1) is 37.7. The van der Waals surface area contributed by atoms with E-state index in [0.29, 0.717) is 27.9 Å². The van der Waals surface area contributed by atoms with Crippen LogP contribution in [0.4, 0.5) is 5.13 Å². The number of alkyl halides is 1. The molecule has 2 aliphatic heterocycles. The number of hydrogen-bond acceptors (Lipinski definition) is 11. The number of thioether (sulfide) groups is 1. The molecule has 1 saturated heterocycles. The molecule has 55 heavy (non-hydrogen) atoms. The fraction of sp³-hybridized carbons (Fsp3) is 0.195. The average molecular weight is 794 g/mol. The predicted octanol–water partition coefficient (Wildman–Crippen LogP) is 6.69. The first-order chi connectivity index (χ1) is 26.9. The molecule has 0 bridgehead atoms. The number of aromatic nitrogens is 1. The minimum atomic E-state index is -0.864. The van der Waals surface area contributed by atoms with Crippen LogP contribution in [0.1, 0.15) is 27.9 Å². The zero-order valence-electron chi connectivity index (χ0n) is 29.6. The minimum Gasteiger partial charge on any atom is -0.497 e. The van der Waals surface area contributed by atoms with Crippen LogP contribution in [0.3, 0.4) is 0 Å². The Morgan fingerprint density at radius 3 is 2.13 bits per heavy atom. The Balaban J connectivity index is 0.960. The molecular formula is C41H36ClN5O6S2. The van der Waals surface area contributed by atoms with Gasteiger partial charge in [-0.25, -0.2) is 9.78 Å². The van der Waals surface area contributed by atoms with Gasteiger partial charge in [0.15, 0.2) is 11.7 Å². The van der Waals surface area contributed by atoms with Gasteiger partial charge in [-0.1, -0.05) is 108 Å². The smallest absolute Gasteiger partial charge is 0.355 e. The average Bonchev–Trinajstić information content (AvgIpc) is 3.69. The molecule has 2 N–H and O–H groups in total. The molecule has 1 aromatic heterocycles. The van der Waals surface area contributed by atoms with Gasteiger partial charge in [-0.2, -0.15) is 0 Å². The number of esters is 1. The van der Waals surface area contributed by atoms with Crippen LogP contribution in [-0.2, 0) is 42.7 Å². The van der Waals surface area contributed by atoms with Crippen LogP contribution in [0.15, 0.2) is 137 Å². The van der Waals surface area contributed by atoms with E-state index in [1.165, 1.54) is 28.0 Å². The third kappa shape index (κ3) is 8.09. The number of carbonyl (C=O) groups excluding carboxylic acids is 3. The summed E-state index contributed by atoms with van der Waals surface area (Å²) in [7, 11) is 1.57. The summed E-state index contributed by atoms with van der Waals surface area (Å²) in [6.45, 7) is 0.0203. The predicted molar refractivity (Wildman–Crippen MR) is 214 cm³/mol. The number of oxime groups is 1. The number of anilines is 1. The van der Waals surface area contributed by atoms with Crippen LogP contribution in [-0.4, -0.2) is 64.0 Å². The standard InChI is InChI=1S/C41H36ClN5O6S2/c1-51-33-19-17-27(18-20-33)23-52-39(50)36-28(21-42)25-54-38-35(37(49)47(36)38)45-34(48)22-43-53-24-32-26-55-40(44-32)46-41(29-11-5-2-6-12-29,30-13-7-3-8-14-30)31-15-9-4-10-16-31/h2-20,22,26,35,38H,21,23-25H2,1H3,(H,44,46)(H,45,48)/b43-22-. The van der Waals surface area contributed by atoms with Crippen molar-refractivity contribution in [3.05, 3.63) is 160 Å². The number of nitrogens with one attached hydrogen (secondary N) is 2. The van der Waals surface area contributed by atoms with Gasteiger partial charge < -0.3 is 24.9 Å². The highest BCUT2D eigenvalue weighted by atomic mass is 35.5. The maximum atomic E-state index is 13.3. The van der Waals surface area contributed by atoms with Gasteiger partial charge in [0.2, 0.25) is 0 Å². The molecule has 11 nitrogen and oxygen atoms in total. The summed E-state index contributed by atoms with van der Waals surface area (Å²) in [5.41, 5.74) is 4.48. The van der Waals surface area contributed by atoms with E-state index >= 15 is 0 Å². The Morgan fingerprint density at radius 1 is 0.927 bits per heavy atom. The topological polar surface area (TPSA) is 131 Å². The summed E-state index contributed by atoms with van der Waals surface area (Å²) >= 11 is 9.00. The Morgan fingerprint density at radius 2 is 1.55 bits per heavy atom. The molecule has 0 spiro atoms. The summed E-state index contributed by atoms with van der Waals surface area (Å²) in [5, 5.41) is 12.3. The summed E-state index contributed by atoms with van der Waals surface area (Å²) in [5.74, 6) is -0.575. The van der Waals surface area contributed by atoms with E-state index in [-0.39, 0.29) is 24.8 Å². The van der Waals surface area contributed by atoms with Crippen molar-refractivity contribution in [1.82, 2.24) is 15.2 Å². The zero-order valence-corrected chi connectivity index (χ0v) is 32.0. The van der Waals surface area contributed by atoms with E-state index in [2.05, 4.69) is 52.2 Å². The number of thiazole rings is 1. The molecule has 2 atom stereocenters. The molecule has 4 aromatic carbocycles. The van der Waals surface area contributed by atoms with Crippen molar-refractivity contribution < 1.29 is 28.7 Å². The van der Waals surface area contributed by atoms with Crippen molar-refractivity contribution in [1.29, 1.82) is 0 Å². The lowest BCUT2D eigenvalue weighted by Gasteiger charge is -2.49. The van der Waals surface area contributed by atoms with E-state index in [1.807, 2.05) is 60.0 Å². The fourth-order valence-corrected chi connectivity index (χ4v) is 8.89. The largest absolute Gasteiger partial charge is 0.497 e. The molecule has 7 rings (SSSR count). The first-order valence-electron chi connectivity index (χ1n) is 17.3. The second kappa shape index (κ2) is 17.2. The number of β-lactam (4-membered cyclic amide) rings is 1. The first-order valence-corrected chi connectivity index (χ1v) is 19.7. The third-order valence-electron chi connectivity index (χ3n) is 9.15. The highest BCUT2D eigenvalue weighted by Crippen LogP contribution is 2.42. The molecule has 2 aliphatic rings. The van der Waals surface area contributed by atoms with Crippen molar-refractivity contribution in [3.8, 4) is 5.75 Å². The normalized spacial score (nSPS) is 16.6. The van der Waals surface area contributed by atoms with Gasteiger partial charge in [0, 0.05) is 17.0 Å². The van der Waals surface area contributed by atoms with Crippen LogP contribution in [0.2, 0.25) is 0 Å². The third-order valence-corrected chi connectivity index (χ3v) is 11.6. The van der Waals surface area contributed by atoms with E-state index in [4.69, 9.17) is 30.9 Å². The molecule has 3 heterocycles. The fourth-order valence-electron chi connectivity index (χ4n) is 6.46. The number of fused-ring (bicyclic) bond motifs is 1. The van der Waals surface area contributed by atoms with Crippen molar-refractivity contribution in [2.24, 2.45) is 5.16 Å².